The number of hydrogen-bond donors (Lipinski definition) is 3. The van der Waals surface area contributed by atoms with Crippen LogP contribution >= 0.6 is 0 Å². The molecule has 356 valence electrons. The smallest absolute Gasteiger partial charge is 0.306 e. The van der Waals surface area contributed by atoms with Gasteiger partial charge in [0, 0.05) is 6.42 Å². The van der Waals surface area contributed by atoms with Crippen molar-refractivity contribution >= 4 is 11.9 Å². The van der Waals surface area contributed by atoms with Crippen molar-refractivity contribution in [2.75, 3.05) is 6.61 Å². The third-order valence-corrected chi connectivity index (χ3v) is 12.0. The van der Waals surface area contributed by atoms with Gasteiger partial charge in [-0.25, -0.2) is 0 Å². The van der Waals surface area contributed by atoms with Crippen LogP contribution in [0.4, 0.5) is 0 Å². The molecule has 0 radical (unpaired) electrons. The van der Waals surface area contributed by atoms with Crippen molar-refractivity contribution < 1.29 is 24.5 Å². The molecule has 0 aliphatic carbocycles. The van der Waals surface area contributed by atoms with E-state index in [2.05, 4.69) is 74.7 Å². The monoisotopic (exact) mass is 856 g/mol. The number of hydrogen-bond acceptors (Lipinski definition) is 5. The molecule has 0 fully saturated rings. The van der Waals surface area contributed by atoms with Gasteiger partial charge in [0.1, 0.15) is 6.10 Å². The quantitative estimate of drug-likeness (QED) is 0.0245. The van der Waals surface area contributed by atoms with E-state index < -0.39 is 18.2 Å². The number of amides is 1. The summed E-state index contributed by atoms with van der Waals surface area (Å²) in [7, 11) is 0. The van der Waals surface area contributed by atoms with Crippen LogP contribution in [-0.4, -0.2) is 46.9 Å². The fourth-order valence-electron chi connectivity index (χ4n) is 7.96. The highest BCUT2D eigenvalue weighted by Gasteiger charge is 2.24. The summed E-state index contributed by atoms with van der Waals surface area (Å²) < 4.78 is 5.93. The van der Waals surface area contributed by atoms with Crippen LogP contribution in [0.15, 0.2) is 48.6 Å². The summed E-state index contributed by atoms with van der Waals surface area (Å²) in [6.45, 7) is 6.35. The summed E-state index contributed by atoms with van der Waals surface area (Å²) in [4.78, 5) is 26.2. The van der Waals surface area contributed by atoms with Gasteiger partial charge in [0.05, 0.1) is 25.2 Å². The summed E-state index contributed by atoms with van der Waals surface area (Å²) >= 11 is 0. The zero-order valence-electron chi connectivity index (χ0n) is 40.5. The molecule has 3 N–H and O–H groups in total. The van der Waals surface area contributed by atoms with Crippen molar-refractivity contribution in [2.24, 2.45) is 0 Å². The van der Waals surface area contributed by atoms with E-state index in [1.807, 2.05) is 0 Å². The Morgan fingerprint density at radius 3 is 1.39 bits per heavy atom. The molecule has 61 heavy (non-hydrogen) atoms. The lowest BCUT2D eigenvalue weighted by Gasteiger charge is -2.24. The van der Waals surface area contributed by atoms with E-state index in [9.17, 15) is 19.8 Å². The summed E-state index contributed by atoms with van der Waals surface area (Å²) in [5.41, 5.74) is 0. The lowest BCUT2D eigenvalue weighted by molar-refractivity contribution is -0.151. The molecule has 0 aromatic heterocycles. The average molecular weight is 856 g/mol. The zero-order chi connectivity index (χ0) is 44.5. The van der Waals surface area contributed by atoms with Gasteiger partial charge in [-0.3, -0.25) is 9.59 Å². The Morgan fingerprint density at radius 1 is 0.492 bits per heavy atom. The summed E-state index contributed by atoms with van der Waals surface area (Å²) in [5, 5.41) is 23.8. The van der Waals surface area contributed by atoms with E-state index in [0.29, 0.717) is 19.3 Å². The molecule has 6 heteroatoms. The first-order valence-electron chi connectivity index (χ1n) is 26.4. The molecular weight excluding hydrogens is 755 g/mol. The summed E-state index contributed by atoms with van der Waals surface area (Å²) in [6, 6.07) is -0.706. The van der Waals surface area contributed by atoms with Gasteiger partial charge in [-0.15, -0.1) is 0 Å². The van der Waals surface area contributed by atoms with E-state index >= 15 is 0 Å². The first-order chi connectivity index (χ1) is 30.0. The first kappa shape index (κ1) is 58.8. The largest absolute Gasteiger partial charge is 0.462 e. The zero-order valence-corrected chi connectivity index (χ0v) is 40.5. The molecule has 0 aliphatic rings. The number of allylic oxidation sites excluding steroid dienone is 8. The Bertz CT molecular complexity index is 1050. The van der Waals surface area contributed by atoms with Crippen LogP contribution in [-0.2, 0) is 14.3 Å². The topological polar surface area (TPSA) is 95.9 Å². The predicted octanol–water partition coefficient (Wildman–Crippen LogP) is 15.8. The number of carbonyl (C=O) groups is 2. The maximum atomic E-state index is 13.2. The van der Waals surface area contributed by atoms with Crippen LogP contribution in [0, 0.1) is 0 Å². The Kier molecular flexibility index (Phi) is 47.1. The summed E-state index contributed by atoms with van der Waals surface area (Å²) in [5.74, 6) is -0.490. The highest BCUT2D eigenvalue weighted by molar-refractivity contribution is 5.77. The third kappa shape index (κ3) is 44.2. The first-order valence-corrected chi connectivity index (χ1v) is 26.4. The lowest BCUT2D eigenvalue weighted by Crippen LogP contribution is -2.46. The molecule has 0 spiro atoms. The molecule has 0 saturated heterocycles. The van der Waals surface area contributed by atoms with Crippen molar-refractivity contribution in [3.63, 3.8) is 0 Å². The molecule has 1 amide bonds. The molecule has 3 atom stereocenters. The van der Waals surface area contributed by atoms with E-state index in [-0.39, 0.29) is 24.9 Å². The summed E-state index contributed by atoms with van der Waals surface area (Å²) in [6.07, 6.45) is 58.8. The maximum absolute atomic E-state index is 13.2. The van der Waals surface area contributed by atoms with Crippen LogP contribution in [0.3, 0.4) is 0 Å². The highest BCUT2D eigenvalue weighted by atomic mass is 16.5. The number of unbranched alkanes of at least 4 members (excludes halogenated alkanes) is 29. The van der Waals surface area contributed by atoms with Crippen molar-refractivity contribution in [2.45, 2.75) is 283 Å². The number of nitrogens with one attached hydrogen (secondary N) is 1. The maximum Gasteiger partial charge on any atom is 0.306 e. The van der Waals surface area contributed by atoms with Crippen molar-refractivity contribution in [1.82, 2.24) is 5.32 Å². The molecule has 3 unspecified atom stereocenters. The second-order valence-corrected chi connectivity index (χ2v) is 18.0. The van der Waals surface area contributed by atoms with Gasteiger partial charge in [-0.1, -0.05) is 230 Å². The van der Waals surface area contributed by atoms with Gasteiger partial charge in [-0.2, -0.15) is 0 Å². The third-order valence-electron chi connectivity index (χ3n) is 12.0. The van der Waals surface area contributed by atoms with E-state index in [4.69, 9.17) is 4.74 Å². The predicted molar refractivity (Wildman–Crippen MR) is 264 cm³/mol. The number of aliphatic hydroxyl groups excluding tert-OH is 2. The van der Waals surface area contributed by atoms with Gasteiger partial charge in [0.15, 0.2) is 0 Å². The molecular formula is C55H101NO5. The molecule has 0 aromatic carbocycles. The fourth-order valence-corrected chi connectivity index (χ4v) is 7.96. The minimum absolute atomic E-state index is 0.0677. The Hall–Kier alpha value is -2.18. The standard InChI is InChI=1S/C55H101NO5/c1-4-7-10-13-16-19-22-25-27-30-33-36-39-42-45-48-55(60)61-51(46-43-40-37-34-31-28-24-21-18-15-12-9-6-3)49-54(59)56-52(50-57)53(58)47-44-41-38-35-32-29-26-23-20-17-14-11-8-5-2/h7,10,13,16,19,21-22,24,51-53,57-58H,4-6,8-9,11-12,14-15,17-18,20,23,25-50H2,1-3H3,(H,56,59)/b10-7+,16-13+,22-19+,24-21-. The number of carbonyl (C=O) groups excluding carboxylic acids is 2. The van der Waals surface area contributed by atoms with Gasteiger partial charge in [0.2, 0.25) is 5.91 Å². The molecule has 0 heterocycles. The number of aliphatic hydroxyl groups is 2. The number of ether oxygens (including phenoxy) is 1. The van der Waals surface area contributed by atoms with Crippen LogP contribution in [0.2, 0.25) is 0 Å². The van der Waals surface area contributed by atoms with Gasteiger partial charge < -0.3 is 20.3 Å². The van der Waals surface area contributed by atoms with E-state index in [0.717, 1.165) is 77.0 Å². The second-order valence-electron chi connectivity index (χ2n) is 18.0. The Balaban J connectivity index is 4.57. The molecule has 0 saturated carbocycles. The number of esters is 1. The molecule has 0 rings (SSSR count). The van der Waals surface area contributed by atoms with Crippen LogP contribution in [0.1, 0.15) is 265 Å². The minimum Gasteiger partial charge on any atom is -0.462 e. The van der Waals surface area contributed by atoms with Gasteiger partial charge in [-0.05, 0) is 70.6 Å². The Morgan fingerprint density at radius 2 is 0.902 bits per heavy atom. The average Bonchev–Trinajstić information content (AvgIpc) is 3.25. The molecule has 0 bridgehead atoms. The lowest BCUT2D eigenvalue weighted by atomic mass is 10.0. The van der Waals surface area contributed by atoms with Gasteiger partial charge in [0.25, 0.3) is 0 Å². The van der Waals surface area contributed by atoms with Crippen LogP contribution in [0.25, 0.3) is 0 Å². The SMILES string of the molecule is CC/C=C/C=C/C=C/CCCCCCCCCC(=O)OC(CCCCCCC/C=C\CCCCCC)CC(=O)NC(CO)C(O)CCCCCCCCCCCCCCCC. The van der Waals surface area contributed by atoms with E-state index in [1.54, 1.807) is 0 Å². The fraction of sp³-hybridized carbons (Fsp3) is 0.818. The van der Waals surface area contributed by atoms with E-state index in [1.165, 1.54) is 141 Å². The normalized spacial score (nSPS) is 13.6. The molecule has 0 aromatic rings. The van der Waals surface area contributed by atoms with Gasteiger partial charge >= 0.3 is 5.97 Å². The highest BCUT2D eigenvalue weighted by Crippen LogP contribution is 2.18. The molecule has 6 nitrogen and oxygen atoms in total. The van der Waals surface area contributed by atoms with Crippen molar-refractivity contribution in [1.29, 1.82) is 0 Å². The second kappa shape index (κ2) is 48.8. The molecule has 0 aliphatic heterocycles. The van der Waals surface area contributed by atoms with Crippen molar-refractivity contribution in [3.05, 3.63) is 48.6 Å². The van der Waals surface area contributed by atoms with Crippen LogP contribution in [0.5, 0.6) is 0 Å². The van der Waals surface area contributed by atoms with Crippen molar-refractivity contribution in [3.8, 4) is 0 Å². The minimum atomic E-state index is -0.791. The Labute approximate surface area is 378 Å². The number of rotatable bonds is 47. The van der Waals surface area contributed by atoms with Crippen LogP contribution < -0.4 is 5.32 Å².